The fourth-order valence-electron chi connectivity index (χ4n) is 2.04. The molecule has 3 rings (SSSR count). The van der Waals surface area contributed by atoms with Crippen LogP contribution in [0.1, 0.15) is 25.6 Å². The Morgan fingerprint density at radius 1 is 1.56 bits per heavy atom. The fourth-order valence-corrected chi connectivity index (χ4v) is 2.69. The normalized spacial score (nSPS) is 19.6. The molecule has 2 heterocycles. The van der Waals surface area contributed by atoms with E-state index in [-0.39, 0.29) is 5.54 Å². The summed E-state index contributed by atoms with van der Waals surface area (Å²) in [5.74, 6) is 1.50. The van der Waals surface area contributed by atoms with Crippen LogP contribution in [0.2, 0.25) is 0 Å². The van der Waals surface area contributed by atoms with Gasteiger partial charge in [-0.25, -0.2) is 4.98 Å². The quantitative estimate of drug-likeness (QED) is 0.856. The van der Waals surface area contributed by atoms with Gasteiger partial charge in [0.1, 0.15) is 5.82 Å². The lowest BCUT2D eigenvalue weighted by Gasteiger charge is -2.21. The van der Waals surface area contributed by atoms with Crippen LogP contribution in [0.5, 0.6) is 0 Å². The maximum atomic E-state index is 6.32. The average Bonchev–Trinajstić information content (AvgIpc) is 2.82. The molecule has 2 aromatic heterocycles. The first-order valence-corrected chi connectivity index (χ1v) is 6.49. The van der Waals surface area contributed by atoms with Crippen LogP contribution in [0.25, 0.3) is 11.3 Å². The second kappa shape index (κ2) is 3.43. The lowest BCUT2D eigenvalue weighted by Crippen LogP contribution is -2.36. The summed E-state index contributed by atoms with van der Waals surface area (Å²) in [6.07, 6.45) is 4.33. The number of nitrogens with zero attached hydrogens (tertiary/aromatic N) is 1. The van der Waals surface area contributed by atoms with E-state index in [0.29, 0.717) is 5.92 Å². The van der Waals surface area contributed by atoms with Gasteiger partial charge in [-0.2, -0.15) is 11.3 Å². The number of imidazole rings is 1. The van der Waals surface area contributed by atoms with Crippen LogP contribution in [0, 0.1) is 5.92 Å². The molecule has 0 saturated heterocycles. The van der Waals surface area contributed by atoms with Crippen molar-refractivity contribution < 1.29 is 0 Å². The van der Waals surface area contributed by atoms with Crippen LogP contribution in [-0.4, -0.2) is 9.97 Å². The molecule has 3 nitrogen and oxygen atoms in total. The summed E-state index contributed by atoms with van der Waals surface area (Å²) in [4.78, 5) is 7.78. The lowest BCUT2D eigenvalue weighted by atomic mass is 9.97. The molecule has 1 fully saturated rings. The summed E-state index contributed by atoms with van der Waals surface area (Å²) in [7, 11) is 0. The van der Waals surface area contributed by atoms with Gasteiger partial charge >= 0.3 is 0 Å². The van der Waals surface area contributed by atoms with Gasteiger partial charge in [-0.15, -0.1) is 0 Å². The van der Waals surface area contributed by atoms with Gasteiger partial charge in [0.05, 0.1) is 17.4 Å². The topological polar surface area (TPSA) is 54.7 Å². The van der Waals surface area contributed by atoms with Crippen LogP contribution in [0.3, 0.4) is 0 Å². The summed E-state index contributed by atoms with van der Waals surface area (Å²) in [5.41, 5.74) is 8.28. The van der Waals surface area contributed by atoms with Gasteiger partial charge in [0.25, 0.3) is 0 Å². The van der Waals surface area contributed by atoms with Crippen molar-refractivity contribution in [3.8, 4) is 11.3 Å². The Kier molecular flexibility index (Phi) is 2.16. The van der Waals surface area contributed by atoms with Gasteiger partial charge in [-0.1, -0.05) is 0 Å². The number of nitrogens with one attached hydrogen (secondary N) is 1. The van der Waals surface area contributed by atoms with Gasteiger partial charge in [0, 0.05) is 10.9 Å². The number of nitrogens with two attached hydrogens (primary N) is 1. The zero-order valence-electron chi connectivity index (χ0n) is 9.23. The van der Waals surface area contributed by atoms with Crippen molar-refractivity contribution in [2.75, 3.05) is 0 Å². The van der Waals surface area contributed by atoms with Crippen molar-refractivity contribution in [2.24, 2.45) is 11.7 Å². The number of aromatic nitrogens is 2. The molecule has 0 bridgehead atoms. The smallest absolute Gasteiger partial charge is 0.126 e. The summed E-state index contributed by atoms with van der Waals surface area (Å²) in [6, 6.07) is 2.09. The zero-order chi connectivity index (χ0) is 11.2. The molecule has 1 aliphatic rings. The second-order valence-electron chi connectivity index (χ2n) is 4.71. The van der Waals surface area contributed by atoms with Crippen LogP contribution in [0.4, 0.5) is 0 Å². The maximum absolute atomic E-state index is 6.32. The monoisotopic (exact) mass is 233 g/mol. The maximum Gasteiger partial charge on any atom is 0.126 e. The highest BCUT2D eigenvalue weighted by Gasteiger charge is 2.41. The molecule has 0 aromatic carbocycles. The zero-order valence-corrected chi connectivity index (χ0v) is 10.1. The molecule has 1 atom stereocenters. The van der Waals surface area contributed by atoms with Gasteiger partial charge in [0.15, 0.2) is 0 Å². The van der Waals surface area contributed by atoms with E-state index in [0.717, 1.165) is 11.5 Å². The van der Waals surface area contributed by atoms with Crippen molar-refractivity contribution >= 4 is 11.3 Å². The lowest BCUT2D eigenvalue weighted by molar-refractivity contribution is 0.404. The van der Waals surface area contributed by atoms with Crippen molar-refractivity contribution in [3.05, 3.63) is 28.8 Å². The van der Waals surface area contributed by atoms with E-state index >= 15 is 0 Å². The highest BCUT2D eigenvalue weighted by atomic mass is 32.1. The Morgan fingerprint density at radius 3 is 3.00 bits per heavy atom. The number of H-pyrrole nitrogens is 1. The highest BCUT2D eigenvalue weighted by molar-refractivity contribution is 7.08. The Bertz CT molecular complexity index is 480. The minimum atomic E-state index is -0.297. The molecular weight excluding hydrogens is 218 g/mol. The van der Waals surface area contributed by atoms with Crippen molar-refractivity contribution in [3.63, 3.8) is 0 Å². The van der Waals surface area contributed by atoms with Gasteiger partial charge in [0.2, 0.25) is 0 Å². The number of rotatable bonds is 3. The number of hydrogen-bond donors (Lipinski definition) is 2. The Labute approximate surface area is 98.7 Å². The predicted octanol–water partition coefficient (Wildman–Crippen LogP) is 2.72. The van der Waals surface area contributed by atoms with Crippen LogP contribution in [-0.2, 0) is 5.54 Å². The van der Waals surface area contributed by atoms with Gasteiger partial charge in [-0.3, -0.25) is 0 Å². The van der Waals surface area contributed by atoms with Crippen molar-refractivity contribution in [1.29, 1.82) is 0 Å². The Morgan fingerprint density at radius 2 is 2.38 bits per heavy atom. The number of hydrogen-bond acceptors (Lipinski definition) is 3. The molecule has 1 saturated carbocycles. The van der Waals surface area contributed by atoms with E-state index in [1.54, 1.807) is 11.3 Å². The summed E-state index contributed by atoms with van der Waals surface area (Å²) < 4.78 is 0. The SMILES string of the molecule is CC(N)(c1ncc(-c2ccsc2)[nH]1)C1CC1. The first kappa shape index (κ1) is 10.1. The fraction of sp³-hybridized carbons (Fsp3) is 0.417. The highest BCUT2D eigenvalue weighted by Crippen LogP contribution is 2.43. The van der Waals surface area contributed by atoms with E-state index in [1.165, 1.54) is 18.4 Å². The summed E-state index contributed by atoms with van der Waals surface area (Å²) in [5, 5.41) is 4.18. The molecular formula is C12H15N3S. The molecule has 0 aliphatic heterocycles. The molecule has 2 aromatic rings. The van der Waals surface area contributed by atoms with Gasteiger partial charge < -0.3 is 10.7 Å². The number of aromatic amines is 1. The van der Waals surface area contributed by atoms with Crippen LogP contribution in [0.15, 0.2) is 23.0 Å². The van der Waals surface area contributed by atoms with Crippen LogP contribution < -0.4 is 5.73 Å². The molecule has 0 radical (unpaired) electrons. The van der Waals surface area contributed by atoms with E-state index in [9.17, 15) is 0 Å². The minimum absolute atomic E-state index is 0.297. The molecule has 84 valence electrons. The third-order valence-corrected chi connectivity index (χ3v) is 4.03. The first-order chi connectivity index (χ1) is 7.68. The van der Waals surface area contributed by atoms with Gasteiger partial charge in [-0.05, 0) is 37.1 Å². The Balaban J connectivity index is 1.93. The molecule has 1 aliphatic carbocycles. The third-order valence-electron chi connectivity index (χ3n) is 3.34. The largest absolute Gasteiger partial charge is 0.340 e. The first-order valence-electron chi connectivity index (χ1n) is 5.55. The number of thiophene rings is 1. The van der Waals surface area contributed by atoms with Crippen molar-refractivity contribution in [2.45, 2.75) is 25.3 Å². The summed E-state index contributed by atoms with van der Waals surface area (Å²) in [6.45, 7) is 2.07. The van der Waals surface area contributed by atoms with Crippen LogP contribution >= 0.6 is 11.3 Å². The average molecular weight is 233 g/mol. The minimum Gasteiger partial charge on any atom is -0.340 e. The molecule has 1 unspecified atom stereocenters. The van der Waals surface area contributed by atoms with Crippen molar-refractivity contribution in [1.82, 2.24) is 9.97 Å². The second-order valence-corrected chi connectivity index (χ2v) is 5.49. The molecule has 0 amide bonds. The van der Waals surface area contributed by atoms with E-state index in [4.69, 9.17) is 5.73 Å². The molecule has 0 spiro atoms. The molecule has 3 N–H and O–H groups in total. The van der Waals surface area contributed by atoms with E-state index < -0.39 is 0 Å². The standard InChI is InChI=1S/C12H15N3S/c1-12(13,9-2-3-9)11-14-6-10(15-11)8-4-5-16-7-8/h4-7,9H,2-3,13H2,1H3,(H,14,15). The van der Waals surface area contributed by atoms with E-state index in [2.05, 4.69) is 33.7 Å². The predicted molar refractivity (Wildman–Crippen MR) is 66.2 cm³/mol. The Hall–Kier alpha value is -1.13. The molecule has 4 heteroatoms. The summed E-state index contributed by atoms with van der Waals surface area (Å²) >= 11 is 1.69. The third kappa shape index (κ3) is 1.58. The molecule has 16 heavy (non-hydrogen) atoms. The van der Waals surface area contributed by atoms with E-state index in [1.807, 2.05) is 6.20 Å².